The number of hydrogen-bond donors (Lipinski definition) is 0. The first-order valence-corrected chi connectivity index (χ1v) is 7.04. The maximum absolute atomic E-state index is 5.42. The minimum Gasteiger partial charge on any atom is -0.379 e. The van der Waals surface area contributed by atoms with Crippen LogP contribution in [0.2, 0.25) is 6.04 Å². The quantitative estimate of drug-likeness (QED) is 0.334. The molecule has 0 radical (unpaired) electrons. The predicted molar refractivity (Wildman–Crippen MR) is 56.8 cm³/mol. The van der Waals surface area contributed by atoms with E-state index >= 15 is 0 Å². The monoisotopic (exact) mass is 236 g/mol. The second kappa shape index (κ2) is 6.57. The lowest BCUT2D eigenvalue weighted by molar-refractivity contribution is 0.100. The Hall–Kier alpha value is 0.0169. The van der Waals surface area contributed by atoms with Crippen molar-refractivity contribution in [3.63, 3.8) is 0 Å². The minimum absolute atomic E-state index is 0.333. The summed E-state index contributed by atoms with van der Waals surface area (Å²) in [5, 5.41) is 0. The highest BCUT2D eigenvalue weighted by Gasteiger charge is 2.36. The Balaban J connectivity index is 2.04. The summed E-state index contributed by atoms with van der Waals surface area (Å²) in [5.74, 6) is 0. The third-order valence-corrected chi connectivity index (χ3v) is 5.24. The van der Waals surface area contributed by atoms with Gasteiger partial charge in [-0.05, 0) is 6.42 Å². The third-order valence-electron chi connectivity index (χ3n) is 2.41. The molecule has 15 heavy (non-hydrogen) atoms. The van der Waals surface area contributed by atoms with Gasteiger partial charge in [0.2, 0.25) is 0 Å². The smallest absolute Gasteiger partial charge is 0.379 e. The Labute approximate surface area is 92.0 Å². The molecule has 1 aliphatic rings. The average Bonchev–Trinajstić information content (AvgIpc) is 3.08. The van der Waals surface area contributed by atoms with Gasteiger partial charge in [0.25, 0.3) is 0 Å². The van der Waals surface area contributed by atoms with Gasteiger partial charge in [-0.1, -0.05) is 0 Å². The molecule has 0 aromatic carbocycles. The molecule has 90 valence electrons. The van der Waals surface area contributed by atoms with Gasteiger partial charge in [0.05, 0.1) is 13.2 Å². The van der Waals surface area contributed by atoms with Crippen LogP contribution in [0.4, 0.5) is 0 Å². The van der Waals surface area contributed by atoms with E-state index in [1.54, 1.807) is 21.3 Å². The van der Waals surface area contributed by atoms with Gasteiger partial charge >= 0.3 is 8.80 Å². The summed E-state index contributed by atoms with van der Waals surface area (Å²) >= 11 is 0. The van der Waals surface area contributed by atoms with Gasteiger partial charge in [-0.2, -0.15) is 0 Å². The van der Waals surface area contributed by atoms with Crippen LogP contribution in [-0.4, -0.2) is 56.1 Å². The van der Waals surface area contributed by atoms with Crippen LogP contribution in [0.15, 0.2) is 0 Å². The normalized spacial score (nSPS) is 20.6. The van der Waals surface area contributed by atoms with E-state index in [9.17, 15) is 0 Å². The van der Waals surface area contributed by atoms with Crippen molar-refractivity contribution in [2.75, 3.05) is 41.2 Å². The van der Waals surface area contributed by atoms with Crippen molar-refractivity contribution in [3.8, 4) is 0 Å². The molecule has 0 amide bonds. The van der Waals surface area contributed by atoms with Crippen molar-refractivity contribution in [1.82, 2.24) is 0 Å². The Morgan fingerprint density at radius 3 is 2.27 bits per heavy atom. The zero-order valence-electron chi connectivity index (χ0n) is 9.65. The van der Waals surface area contributed by atoms with Crippen LogP contribution in [-0.2, 0) is 22.8 Å². The van der Waals surface area contributed by atoms with Crippen molar-refractivity contribution in [3.05, 3.63) is 0 Å². The molecule has 6 heteroatoms. The van der Waals surface area contributed by atoms with Crippen LogP contribution in [0.1, 0.15) is 6.42 Å². The van der Waals surface area contributed by atoms with Gasteiger partial charge in [-0.3, -0.25) is 0 Å². The summed E-state index contributed by atoms with van der Waals surface area (Å²) in [6.07, 6.45) is 1.22. The molecule has 0 aromatic heterocycles. The van der Waals surface area contributed by atoms with E-state index in [4.69, 9.17) is 22.8 Å². The highest BCUT2D eigenvalue weighted by molar-refractivity contribution is 6.60. The molecule has 1 saturated heterocycles. The van der Waals surface area contributed by atoms with Crippen molar-refractivity contribution in [2.24, 2.45) is 0 Å². The first kappa shape index (κ1) is 13.1. The molecule has 1 heterocycles. The fraction of sp³-hybridized carbons (Fsp3) is 1.00. The van der Waals surface area contributed by atoms with Gasteiger partial charge in [-0.25, -0.2) is 0 Å². The van der Waals surface area contributed by atoms with Gasteiger partial charge in [-0.15, -0.1) is 0 Å². The van der Waals surface area contributed by atoms with Crippen molar-refractivity contribution in [2.45, 2.75) is 18.6 Å². The molecule has 5 nitrogen and oxygen atoms in total. The second-order valence-corrected chi connectivity index (χ2v) is 6.52. The summed E-state index contributed by atoms with van der Waals surface area (Å²) in [5.41, 5.74) is 0. The fourth-order valence-electron chi connectivity index (χ4n) is 1.33. The third kappa shape index (κ3) is 4.58. The molecule has 0 bridgehead atoms. The fourth-order valence-corrected chi connectivity index (χ4v) is 3.02. The van der Waals surface area contributed by atoms with E-state index in [1.807, 2.05) is 0 Å². The topological polar surface area (TPSA) is 49.5 Å². The molecular weight excluding hydrogens is 216 g/mol. The highest BCUT2D eigenvalue weighted by Crippen LogP contribution is 2.15. The van der Waals surface area contributed by atoms with Crippen molar-refractivity contribution >= 4 is 8.80 Å². The number of rotatable bonds is 9. The van der Waals surface area contributed by atoms with E-state index in [1.165, 1.54) is 0 Å². The van der Waals surface area contributed by atoms with E-state index in [2.05, 4.69) is 0 Å². The summed E-state index contributed by atoms with van der Waals surface area (Å²) in [4.78, 5) is 0. The Kier molecular flexibility index (Phi) is 5.73. The van der Waals surface area contributed by atoms with Crippen LogP contribution in [0.3, 0.4) is 0 Å². The largest absolute Gasteiger partial charge is 0.500 e. The van der Waals surface area contributed by atoms with Gasteiger partial charge < -0.3 is 22.8 Å². The lowest BCUT2D eigenvalue weighted by Gasteiger charge is -2.24. The van der Waals surface area contributed by atoms with E-state index in [0.29, 0.717) is 19.3 Å². The lowest BCUT2D eigenvalue weighted by atomic mass is 10.5. The van der Waals surface area contributed by atoms with Crippen LogP contribution in [0.5, 0.6) is 0 Å². The van der Waals surface area contributed by atoms with Crippen molar-refractivity contribution in [1.29, 1.82) is 0 Å². The Morgan fingerprint density at radius 1 is 1.20 bits per heavy atom. The molecule has 1 atom stereocenters. The molecule has 0 aliphatic carbocycles. The van der Waals surface area contributed by atoms with E-state index in [0.717, 1.165) is 19.1 Å². The number of ether oxygens (including phenoxy) is 2. The number of hydrogen-bond acceptors (Lipinski definition) is 5. The molecule has 0 spiro atoms. The first-order valence-electron chi connectivity index (χ1n) is 5.11. The van der Waals surface area contributed by atoms with Crippen LogP contribution in [0, 0.1) is 0 Å². The Bertz CT molecular complexity index is 162. The summed E-state index contributed by atoms with van der Waals surface area (Å²) in [6, 6.07) is 0.780. The molecule has 0 N–H and O–H groups in total. The van der Waals surface area contributed by atoms with Crippen molar-refractivity contribution < 1.29 is 22.8 Å². The van der Waals surface area contributed by atoms with Gasteiger partial charge in [0.1, 0.15) is 6.10 Å². The zero-order valence-corrected chi connectivity index (χ0v) is 10.7. The molecule has 1 aliphatic heterocycles. The maximum Gasteiger partial charge on any atom is 0.500 e. The van der Waals surface area contributed by atoms with E-state index < -0.39 is 8.80 Å². The second-order valence-electron chi connectivity index (χ2n) is 3.43. The average molecular weight is 236 g/mol. The summed E-state index contributed by atoms with van der Waals surface area (Å²) < 4.78 is 26.3. The lowest BCUT2D eigenvalue weighted by Crippen LogP contribution is -2.42. The first-order chi connectivity index (χ1) is 7.26. The molecule has 0 aromatic rings. The van der Waals surface area contributed by atoms with Crippen LogP contribution >= 0.6 is 0 Å². The number of epoxide rings is 1. The zero-order chi connectivity index (χ0) is 11.1. The Morgan fingerprint density at radius 2 is 1.80 bits per heavy atom. The van der Waals surface area contributed by atoms with Gasteiger partial charge in [0, 0.05) is 34.0 Å². The van der Waals surface area contributed by atoms with Crippen LogP contribution in [0.25, 0.3) is 0 Å². The summed E-state index contributed by atoms with van der Waals surface area (Å²) in [7, 11) is 2.48. The maximum atomic E-state index is 5.42. The molecule has 0 unspecified atom stereocenters. The van der Waals surface area contributed by atoms with E-state index in [-0.39, 0.29) is 0 Å². The minimum atomic E-state index is -2.39. The standard InChI is InChI=1S/C9H20O5Si/c1-10-15(11-2,12-3)6-4-5-13-7-9-8-14-9/h9H,4-8H2,1-3H3/t9-/m1/s1. The molecule has 1 fully saturated rings. The highest BCUT2D eigenvalue weighted by atomic mass is 28.4. The molecular formula is C9H20O5Si. The van der Waals surface area contributed by atoms with Crippen LogP contribution < -0.4 is 0 Å². The molecule has 0 saturated carbocycles. The predicted octanol–water partition coefficient (Wildman–Crippen LogP) is 0.670. The van der Waals surface area contributed by atoms with Gasteiger partial charge in [0.15, 0.2) is 0 Å². The SMILES string of the molecule is CO[Si](CCCOC[C@@H]1CO1)(OC)OC. The molecule has 1 rings (SSSR count). The summed E-state index contributed by atoms with van der Waals surface area (Å²) in [6.45, 7) is 2.24.